The Morgan fingerprint density at radius 2 is 1.58 bits per heavy atom. The SMILES string of the molecule is COC(=O)C1=C(C)NC(C)=C(C(=O)OC)C1C([O-])=NCCS(=O)(=O)O.[Na+]. The fraction of sp³-hybridized carbons (Fsp3) is 0.500. The summed E-state index contributed by atoms with van der Waals surface area (Å²) in [5.74, 6) is -4.78. The van der Waals surface area contributed by atoms with Crippen molar-refractivity contribution >= 4 is 28.0 Å². The van der Waals surface area contributed by atoms with Gasteiger partial charge in [-0.15, -0.1) is 0 Å². The number of allylic oxidation sites excluding steroid dienone is 2. The molecular formula is C14H19N2NaO8S. The first kappa shape index (κ1) is 24.6. The van der Waals surface area contributed by atoms with Gasteiger partial charge in [0.25, 0.3) is 10.1 Å². The predicted octanol–water partition coefficient (Wildman–Crippen LogP) is -4.25. The van der Waals surface area contributed by atoms with Crippen molar-refractivity contribution in [2.75, 3.05) is 26.5 Å². The van der Waals surface area contributed by atoms with Gasteiger partial charge in [0, 0.05) is 11.4 Å². The van der Waals surface area contributed by atoms with Gasteiger partial charge in [-0.2, -0.15) is 8.42 Å². The number of hydrogen-bond donors (Lipinski definition) is 2. The van der Waals surface area contributed by atoms with Crippen LogP contribution in [0.5, 0.6) is 0 Å². The van der Waals surface area contributed by atoms with Gasteiger partial charge < -0.3 is 24.9 Å². The Hall–Kier alpha value is -1.40. The van der Waals surface area contributed by atoms with E-state index in [4.69, 9.17) is 4.55 Å². The molecule has 0 saturated carbocycles. The molecule has 0 amide bonds. The van der Waals surface area contributed by atoms with Crippen LogP contribution >= 0.6 is 0 Å². The molecule has 0 bridgehead atoms. The van der Waals surface area contributed by atoms with E-state index < -0.39 is 46.2 Å². The Balaban J connectivity index is 0.00000625. The van der Waals surface area contributed by atoms with Gasteiger partial charge >= 0.3 is 41.5 Å². The van der Waals surface area contributed by atoms with Crippen molar-refractivity contribution in [2.24, 2.45) is 10.9 Å². The normalized spacial score (nSPS) is 16.0. The maximum Gasteiger partial charge on any atom is 1.00 e. The average molecular weight is 398 g/mol. The zero-order valence-corrected chi connectivity index (χ0v) is 18.0. The van der Waals surface area contributed by atoms with Gasteiger partial charge in [-0.25, -0.2) is 9.59 Å². The number of carbonyl (C=O) groups is 2. The number of carbonyl (C=O) groups excluding carboxylic acids is 2. The summed E-state index contributed by atoms with van der Waals surface area (Å²) in [6.07, 6.45) is 0. The number of esters is 2. The third-order valence-corrected chi connectivity index (χ3v) is 4.13. The molecule has 0 atom stereocenters. The molecule has 0 fully saturated rings. The minimum Gasteiger partial charge on any atom is -0.861 e. The van der Waals surface area contributed by atoms with E-state index in [1.54, 1.807) is 0 Å². The van der Waals surface area contributed by atoms with Crippen LogP contribution in [0, 0.1) is 5.92 Å². The van der Waals surface area contributed by atoms with Crippen LogP contribution < -0.4 is 40.0 Å². The first-order valence-corrected chi connectivity index (χ1v) is 8.66. The van der Waals surface area contributed by atoms with Gasteiger partial charge in [0.15, 0.2) is 0 Å². The monoisotopic (exact) mass is 398 g/mol. The van der Waals surface area contributed by atoms with E-state index >= 15 is 0 Å². The molecule has 1 heterocycles. The Morgan fingerprint density at radius 1 is 1.15 bits per heavy atom. The molecule has 1 aliphatic rings. The molecule has 0 aromatic carbocycles. The number of dihydropyridines is 1. The number of hydrogen-bond acceptors (Lipinski definition) is 9. The summed E-state index contributed by atoms with van der Waals surface area (Å²) in [7, 11) is -2.08. The van der Waals surface area contributed by atoms with E-state index in [1.807, 2.05) is 0 Å². The summed E-state index contributed by atoms with van der Waals surface area (Å²) in [5, 5.41) is 15.3. The molecule has 1 aliphatic heterocycles. The second kappa shape index (κ2) is 10.1. The van der Waals surface area contributed by atoms with Crippen LogP contribution in [0.1, 0.15) is 13.8 Å². The van der Waals surface area contributed by atoms with E-state index in [9.17, 15) is 23.1 Å². The molecule has 0 radical (unpaired) electrons. The predicted molar refractivity (Wildman–Crippen MR) is 84.8 cm³/mol. The molecule has 10 nitrogen and oxygen atoms in total. The Bertz CT molecular complexity index is 732. The molecule has 0 spiro atoms. The minimum atomic E-state index is -4.31. The van der Waals surface area contributed by atoms with Crippen LogP contribution in [0.2, 0.25) is 0 Å². The maximum atomic E-state index is 12.5. The van der Waals surface area contributed by atoms with Crippen molar-refractivity contribution in [2.45, 2.75) is 13.8 Å². The average Bonchev–Trinajstić information content (AvgIpc) is 2.51. The summed E-state index contributed by atoms with van der Waals surface area (Å²) >= 11 is 0. The van der Waals surface area contributed by atoms with Crippen LogP contribution in [0.3, 0.4) is 0 Å². The van der Waals surface area contributed by atoms with Crippen LogP contribution in [0.25, 0.3) is 0 Å². The molecule has 0 aromatic rings. The summed E-state index contributed by atoms with van der Waals surface area (Å²) in [6, 6.07) is 0. The number of nitrogens with zero attached hydrogens (tertiary/aromatic N) is 1. The van der Waals surface area contributed by atoms with Gasteiger partial charge in [-0.05, 0) is 19.7 Å². The Kier molecular flexibility index (Phi) is 9.53. The zero-order chi connectivity index (χ0) is 19.4. The van der Waals surface area contributed by atoms with Gasteiger partial charge in [0.2, 0.25) is 0 Å². The number of methoxy groups -OCH3 is 2. The summed E-state index contributed by atoms with van der Waals surface area (Å²) in [6.45, 7) is 2.51. The largest absolute Gasteiger partial charge is 1.00 e. The van der Waals surface area contributed by atoms with Crippen molar-refractivity contribution in [3.63, 3.8) is 0 Å². The van der Waals surface area contributed by atoms with E-state index in [0.29, 0.717) is 11.4 Å². The second-order valence-electron chi connectivity index (χ2n) is 5.12. The van der Waals surface area contributed by atoms with Crippen molar-refractivity contribution in [3.05, 3.63) is 22.5 Å². The second-order valence-corrected chi connectivity index (χ2v) is 6.70. The molecule has 12 heteroatoms. The van der Waals surface area contributed by atoms with Crippen molar-refractivity contribution < 1.29 is 66.7 Å². The van der Waals surface area contributed by atoms with Gasteiger partial charge in [-0.1, -0.05) is 0 Å². The van der Waals surface area contributed by atoms with E-state index in [2.05, 4.69) is 19.8 Å². The Labute approximate surface area is 173 Å². The van der Waals surface area contributed by atoms with E-state index in [1.165, 1.54) is 13.8 Å². The van der Waals surface area contributed by atoms with E-state index in [0.717, 1.165) is 14.2 Å². The van der Waals surface area contributed by atoms with Crippen LogP contribution in [0.4, 0.5) is 0 Å². The number of ether oxygens (including phenoxy) is 2. The molecule has 1 rings (SSSR count). The Morgan fingerprint density at radius 3 is 1.92 bits per heavy atom. The quantitative estimate of drug-likeness (QED) is 0.149. The van der Waals surface area contributed by atoms with E-state index in [-0.39, 0.29) is 40.7 Å². The summed E-state index contributed by atoms with van der Waals surface area (Å²) in [5.41, 5.74) is 0.323. The van der Waals surface area contributed by atoms with Gasteiger partial charge in [0.1, 0.15) is 0 Å². The number of rotatable bonds is 6. The van der Waals surface area contributed by atoms with Crippen molar-refractivity contribution in [1.82, 2.24) is 5.32 Å². The zero-order valence-electron chi connectivity index (χ0n) is 15.2. The molecular weight excluding hydrogens is 379 g/mol. The first-order valence-electron chi connectivity index (χ1n) is 7.05. The molecule has 26 heavy (non-hydrogen) atoms. The van der Waals surface area contributed by atoms with Crippen LogP contribution in [-0.2, 0) is 29.2 Å². The topological polar surface area (TPSA) is 154 Å². The number of aliphatic imine (C=N–C) groups is 1. The fourth-order valence-electron chi connectivity index (χ4n) is 2.36. The first-order chi connectivity index (χ1) is 11.5. The van der Waals surface area contributed by atoms with Crippen LogP contribution in [0.15, 0.2) is 27.5 Å². The van der Waals surface area contributed by atoms with Gasteiger partial charge in [-0.3, -0.25) is 4.55 Å². The van der Waals surface area contributed by atoms with Gasteiger partial charge in [0.05, 0.1) is 43.6 Å². The molecule has 0 saturated heterocycles. The molecule has 2 N–H and O–H groups in total. The third kappa shape index (κ3) is 6.09. The standard InChI is InChI=1S/C14H20N2O8S.Na/c1-7-9(13(18)23-3)11(10(8(2)16-7)14(19)24-4)12(17)15-5-6-25(20,21)22;/h11,16H,5-6H2,1-4H3,(H,15,17)(H,20,21,22);/q;+1/p-1. The fourth-order valence-corrected chi connectivity index (χ4v) is 2.69. The van der Waals surface area contributed by atoms with Crippen molar-refractivity contribution in [1.29, 1.82) is 0 Å². The minimum absolute atomic E-state index is 0. The maximum absolute atomic E-state index is 12.5. The molecule has 0 unspecified atom stereocenters. The molecule has 0 aromatic heterocycles. The summed E-state index contributed by atoms with van der Waals surface area (Å²) < 4.78 is 39.5. The molecule has 140 valence electrons. The smallest absolute Gasteiger partial charge is 0.861 e. The van der Waals surface area contributed by atoms with Crippen LogP contribution in [-0.4, -0.2) is 57.3 Å². The number of nitrogens with one attached hydrogen (secondary N) is 1. The molecule has 0 aliphatic carbocycles. The van der Waals surface area contributed by atoms with Crippen molar-refractivity contribution in [3.8, 4) is 0 Å². The summed E-state index contributed by atoms with van der Waals surface area (Å²) in [4.78, 5) is 27.7. The third-order valence-electron chi connectivity index (χ3n) is 3.43.